The van der Waals surface area contributed by atoms with Crippen LogP contribution in [-0.4, -0.2) is 43.2 Å². The van der Waals surface area contributed by atoms with E-state index in [9.17, 15) is 4.79 Å². The molecule has 0 aromatic carbocycles. The molecule has 4 nitrogen and oxygen atoms in total. The van der Waals surface area contributed by atoms with Crippen LogP contribution in [0, 0.1) is 5.92 Å². The van der Waals surface area contributed by atoms with Crippen LogP contribution in [0.2, 0.25) is 0 Å². The van der Waals surface area contributed by atoms with Gasteiger partial charge in [-0.3, -0.25) is 0 Å². The van der Waals surface area contributed by atoms with E-state index in [4.69, 9.17) is 0 Å². The van der Waals surface area contributed by atoms with Gasteiger partial charge in [0.1, 0.15) is 0 Å². The number of nitrogens with zero attached hydrogens (tertiary/aromatic N) is 1. The molecule has 1 aromatic heterocycles. The Bertz CT molecular complexity index is 430. The van der Waals surface area contributed by atoms with Crippen molar-refractivity contribution in [2.75, 3.05) is 26.2 Å². The molecule has 1 aromatic rings. The van der Waals surface area contributed by atoms with Gasteiger partial charge >= 0.3 is 6.03 Å². The molecule has 1 aliphatic heterocycles. The van der Waals surface area contributed by atoms with E-state index in [-0.39, 0.29) is 6.03 Å². The Morgan fingerprint density at radius 2 is 2.25 bits per heavy atom. The Hall–Kier alpha value is -1.07. The molecule has 1 saturated heterocycles. The van der Waals surface area contributed by atoms with E-state index in [1.807, 2.05) is 6.07 Å². The minimum atomic E-state index is -0.0218. The standard InChI is InChI=1S/C15H23N3OS/c19-15(16-7-5-14-2-1-9-20-14)17-10-12-6-8-18(11-12)13-3-4-13/h1-2,9,12-13H,3-8,10-11H2,(H2,16,17,19)/t12-/m0/s1. The average Bonchev–Trinajstić information content (AvgIpc) is 2.98. The van der Waals surface area contributed by atoms with Crippen LogP contribution >= 0.6 is 11.3 Å². The monoisotopic (exact) mass is 293 g/mol. The third-order valence-electron chi connectivity index (χ3n) is 4.17. The molecule has 2 amide bonds. The van der Waals surface area contributed by atoms with Crippen LogP contribution in [0.3, 0.4) is 0 Å². The van der Waals surface area contributed by atoms with Crippen molar-refractivity contribution in [2.24, 2.45) is 5.92 Å². The Balaban J connectivity index is 1.27. The summed E-state index contributed by atoms with van der Waals surface area (Å²) in [7, 11) is 0. The van der Waals surface area contributed by atoms with Gasteiger partial charge in [0.05, 0.1) is 0 Å². The molecule has 1 atom stereocenters. The van der Waals surface area contributed by atoms with E-state index in [2.05, 4.69) is 27.0 Å². The van der Waals surface area contributed by atoms with E-state index in [1.165, 1.54) is 37.2 Å². The molecule has 0 unspecified atom stereocenters. The van der Waals surface area contributed by atoms with Crippen molar-refractivity contribution < 1.29 is 4.79 Å². The van der Waals surface area contributed by atoms with E-state index < -0.39 is 0 Å². The third kappa shape index (κ3) is 3.96. The number of likely N-dealkylation sites (tertiary alicyclic amines) is 1. The van der Waals surface area contributed by atoms with Gasteiger partial charge in [0.2, 0.25) is 0 Å². The lowest BCUT2D eigenvalue weighted by atomic mass is 10.1. The molecule has 110 valence electrons. The van der Waals surface area contributed by atoms with Crippen molar-refractivity contribution in [1.29, 1.82) is 0 Å². The molecular weight excluding hydrogens is 270 g/mol. The summed E-state index contributed by atoms with van der Waals surface area (Å²) in [4.78, 5) is 15.6. The van der Waals surface area contributed by atoms with Crippen molar-refractivity contribution >= 4 is 17.4 Å². The highest BCUT2D eigenvalue weighted by Crippen LogP contribution is 2.31. The lowest BCUT2D eigenvalue weighted by Gasteiger charge is -2.15. The van der Waals surface area contributed by atoms with Gasteiger partial charge < -0.3 is 15.5 Å². The van der Waals surface area contributed by atoms with Gasteiger partial charge in [0.15, 0.2) is 0 Å². The zero-order valence-corrected chi connectivity index (χ0v) is 12.6. The van der Waals surface area contributed by atoms with Gasteiger partial charge in [0, 0.05) is 30.6 Å². The Labute approximate surface area is 124 Å². The second-order valence-electron chi connectivity index (χ2n) is 5.85. The molecule has 20 heavy (non-hydrogen) atoms. The Morgan fingerprint density at radius 3 is 3.00 bits per heavy atom. The summed E-state index contributed by atoms with van der Waals surface area (Å²) < 4.78 is 0. The first-order valence-corrected chi connectivity index (χ1v) is 8.47. The average molecular weight is 293 g/mol. The molecular formula is C15H23N3OS. The second-order valence-corrected chi connectivity index (χ2v) is 6.88. The zero-order chi connectivity index (χ0) is 13.8. The van der Waals surface area contributed by atoms with Crippen molar-refractivity contribution in [3.8, 4) is 0 Å². The third-order valence-corrected chi connectivity index (χ3v) is 5.11. The van der Waals surface area contributed by atoms with Crippen LogP contribution in [0.5, 0.6) is 0 Å². The number of nitrogens with one attached hydrogen (secondary N) is 2. The summed E-state index contributed by atoms with van der Waals surface area (Å²) in [5, 5.41) is 8.02. The van der Waals surface area contributed by atoms with Crippen molar-refractivity contribution in [1.82, 2.24) is 15.5 Å². The summed E-state index contributed by atoms with van der Waals surface area (Å²) in [6.07, 6.45) is 4.91. The number of amides is 2. The predicted molar refractivity (Wildman–Crippen MR) is 82.1 cm³/mol. The van der Waals surface area contributed by atoms with Crippen LogP contribution in [-0.2, 0) is 6.42 Å². The molecule has 2 fully saturated rings. The van der Waals surface area contributed by atoms with Gasteiger partial charge in [-0.1, -0.05) is 6.07 Å². The van der Waals surface area contributed by atoms with Crippen LogP contribution in [0.25, 0.3) is 0 Å². The summed E-state index contributed by atoms with van der Waals surface area (Å²) >= 11 is 1.74. The number of hydrogen-bond donors (Lipinski definition) is 2. The van der Waals surface area contributed by atoms with Gasteiger partial charge in [-0.05, 0) is 49.6 Å². The SMILES string of the molecule is O=C(NCCc1cccs1)NC[C@@H]1CCN(C2CC2)C1. The lowest BCUT2D eigenvalue weighted by molar-refractivity contribution is 0.238. The van der Waals surface area contributed by atoms with Gasteiger partial charge in [-0.15, -0.1) is 11.3 Å². The van der Waals surface area contributed by atoms with Crippen LogP contribution in [0.15, 0.2) is 17.5 Å². The predicted octanol–water partition coefficient (Wildman–Crippen LogP) is 2.07. The molecule has 0 bridgehead atoms. The fraction of sp³-hybridized carbons (Fsp3) is 0.667. The summed E-state index contributed by atoms with van der Waals surface area (Å²) in [6.45, 7) is 3.91. The van der Waals surface area contributed by atoms with Crippen LogP contribution in [0.4, 0.5) is 4.79 Å². The zero-order valence-electron chi connectivity index (χ0n) is 11.8. The normalized spacial score (nSPS) is 22.9. The van der Waals surface area contributed by atoms with Gasteiger partial charge in [-0.25, -0.2) is 4.79 Å². The molecule has 3 rings (SSSR count). The maximum absolute atomic E-state index is 11.7. The van der Waals surface area contributed by atoms with Crippen LogP contribution in [0.1, 0.15) is 24.1 Å². The van der Waals surface area contributed by atoms with E-state index >= 15 is 0 Å². The second kappa shape index (κ2) is 6.59. The summed E-state index contributed by atoms with van der Waals surface area (Å²) in [5.74, 6) is 0.638. The lowest BCUT2D eigenvalue weighted by Crippen LogP contribution is -2.39. The summed E-state index contributed by atoms with van der Waals surface area (Å²) in [6, 6.07) is 4.99. The van der Waals surface area contributed by atoms with E-state index in [0.29, 0.717) is 12.5 Å². The maximum atomic E-state index is 11.7. The van der Waals surface area contributed by atoms with Crippen molar-refractivity contribution in [3.63, 3.8) is 0 Å². The number of thiophene rings is 1. The molecule has 2 aliphatic rings. The molecule has 1 aliphatic carbocycles. The Kier molecular flexibility index (Phi) is 4.58. The minimum Gasteiger partial charge on any atom is -0.338 e. The quantitative estimate of drug-likeness (QED) is 0.843. The molecule has 0 radical (unpaired) electrons. The molecule has 5 heteroatoms. The molecule has 1 saturated carbocycles. The first-order valence-electron chi connectivity index (χ1n) is 7.59. The Morgan fingerprint density at radius 1 is 1.35 bits per heavy atom. The fourth-order valence-corrected chi connectivity index (χ4v) is 3.56. The minimum absolute atomic E-state index is 0.0218. The summed E-state index contributed by atoms with van der Waals surface area (Å²) in [5.41, 5.74) is 0. The highest BCUT2D eigenvalue weighted by Gasteiger charge is 2.34. The van der Waals surface area contributed by atoms with E-state index in [0.717, 1.165) is 19.0 Å². The molecule has 2 N–H and O–H groups in total. The van der Waals surface area contributed by atoms with Gasteiger partial charge in [-0.2, -0.15) is 0 Å². The van der Waals surface area contributed by atoms with Crippen molar-refractivity contribution in [2.45, 2.75) is 31.7 Å². The van der Waals surface area contributed by atoms with Gasteiger partial charge in [0.25, 0.3) is 0 Å². The smallest absolute Gasteiger partial charge is 0.314 e. The largest absolute Gasteiger partial charge is 0.338 e. The number of carbonyl (C=O) groups is 1. The van der Waals surface area contributed by atoms with Crippen LogP contribution < -0.4 is 10.6 Å². The van der Waals surface area contributed by atoms with Crippen molar-refractivity contribution in [3.05, 3.63) is 22.4 Å². The fourth-order valence-electron chi connectivity index (χ4n) is 2.85. The number of carbonyl (C=O) groups excluding carboxylic acids is 1. The maximum Gasteiger partial charge on any atom is 0.314 e. The number of urea groups is 1. The topological polar surface area (TPSA) is 44.4 Å². The molecule has 2 heterocycles. The molecule has 0 spiro atoms. The first-order chi connectivity index (χ1) is 9.81. The highest BCUT2D eigenvalue weighted by atomic mass is 32.1. The number of hydrogen-bond acceptors (Lipinski definition) is 3. The van der Waals surface area contributed by atoms with E-state index in [1.54, 1.807) is 11.3 Å². The first kappa shape index (κ1) is 13.9. The highest BCUT2D eigenvalue weighted by molar-refractivity contribution is 7.09. The number of rotatable bonds is 6.